The van der Waals surface area contributed by atoms with E-state index in [1.165, 1.54) is 44.5 Å². The van der Waals surface area contributed by atoms with Gasteiger partial charge in [-0.15, -0.1) is 0 Å². The third-order valence-corrected chi connectivity index (χ3v) is 9.10. The van der Waals surface area contributed by atoms with Gasteiger partial charge in [0, 0.05) is 23.8 Å². The summed E-state index contributed by atoms with van der Waals surface area (Å²) in [6.45, 7) is 10.5. The molecule has 45 heavy (non-hydrogen) atoms. The van der Waals surface area contributed by atoms with Crippen molar-refractivity contribution >= 4 is 10.8 Å². The van der Waals surface area contributed by atoms with Gasteiger partial charge in [-0.25, -0.2) is 0 Å². The van der Waals surface area contributed by atoms with Crippen LogP contribution in [0.15, 0.2) is 79.0 Å². The molecule has 0 saturated heterocycles. The fourth-order valence-corrected chi connectivity index (χ4v) is 6.51. The molecule has 0 radical (unpaired) electrons. The van der Waals surface area contributed by atoms with Crippen molar-refractivity contribution < 1.29 is 35.9 Å². The lowest BCUT2D eigenvalue weighted by Crippen LogP contribution is -3.00. The summed E-state index contributed by atoms with van der Waals surface area (Å²) >= 11 is 0. The Morgan fingerprint density at radius 1 is 0.778 bits per heavy atom. The van der Waals surface area contributed by atoms with E-state index in [-0.39, 0.29) is 19.2 Å². The summed E-state index contributed by atoms with van der Waals surface area (Å²) in [4.78, 5) is 0. The van der Waals surface area contributed by atoms with E-state index in [0.29, 0.717) is 18.4 Å². The molecule has 0 amide bonds. The van der Waals surface area contributed by atoms with E-state index in [9.17, 15) is 0 Å². The summed E-state index contributed by atoms with van der Waals surface area (Å²) in [5.74, 6) is 4.16. The van der Waals surface area contributed by atoms with E-state index < -0.39 is 0 Å². The van der Waals surface area contributed by atoms with Crippen LogP contribution in [0.3, 0.4) is 0 Å². The molecule has 5 nitrogen and oxygen atoms in total. The largest absolute Gasteiger partial charge is 1.00 e. The van der Waals surface area contributed by atoms with Crippen LogP contribution in [0.2, 0.25) is 0 Å². The van der Waals surface area contributed by atoms with Crippen molar-refractivity contribution in [2.75, 3.05) is 13.9 Å². The number of aryl methyl sites for hydroxylation is 2. The molecule has 232 valence electrons. The lowest BCUT2D eigenvalue weighted by Gasteiger charge is -2.21. The summed E-state index contributed by atoms with van der Waals surface area (Å²) in [6.07, 6.45) is 3.96. The second-order valence-electron chi connectivity index (χ2n) is 12.6. The van der Waals surface area contributed by atoms with Crippen molar-refractivity contribution in [1.29, 1.82) is 0 Å². The summed E-state index contributed by atoms with van der Waals surface area (Å²) in [5, 5.41) is 2.23. The number of halogens is 1. The third kappa shape index (κ3) is 5.82. The first-order valence-electron chi connectivity index (χ1n) is 15.7. The zero-order valence-electron chi connectivity index (χ0n) is 26.7. The Balaban J connectivity index is 0.00000357. The highest BCUT2D eigenvalue weighted by molar-refractivity contribution is 5.95. The van der Waals surface area contributed by atoms with Crippen molar-refractivity contribution in [1.82, 2.24) is 0 Å². The van der Waals surface area contributed by atoms with Crippen LogP contribution < -0.4 is 35.9 Å². The van der Waals surface area contributed by atoms with Crippen LogP contribution in [0.1, 0.15) is 72.9 Å². The van der Waals surface area contributed by atoms with E-state index >= 15 is 0 Å². The number of ether oxygens (including phenoxy) is 4. The molecule has 4 aromatic carbocycles. The van der Waals surface area contributed by atoms with Crippen molar-refractivity contribution in [2.24, 2.45) is 0 Å². The molecule has 0 spiro atoms. The standard InChI is InChI=1S/C39H40NO4.ClH/c1-24(2)28-10-6-26(7-11-28)18-33-31-14-15-35(41-5)39(42-22-27-8-12-29(13-9-27)25(3)4)34(31)21-40-17-16-30-19-36-37(44-23-43-36)20-32(30)38(33)40;/h6-15,19-21,24-25H,16-18,22-23H2,1-5H3;1H/q+1;/p-1. The number of hydrogen-bond acceptors (Lipinski definition) is 4. The predicted octanol–water partition coefficient (Wildman–Crippen LogP) is 5.51. The fraction of sp³-hybridized carbons (Fsp3) is 0.308. The molecule has 0 fully saturated rings. The quantitative estimate of drug-likeness (QED) is 0.214. The minimum absolute atomic E-state index is 0. The van der Waals surface area contributed by atoms with Crippen LogP contribution in [-0.2, 0) is 26.0 Å². The minimum atomic E-state index is 0. The van der Waals surface area contributed by atoms with E-state index in [0.717, 1.165) is 53.3 Å². The molecule has 0 unspecified atom stereocenters. The lowest BCUT2D eigenvalue weighted by atomic mass is 9.88. The predicted molar refractivity (Wildman–Crippen MR) is 174 cm³/mol. The Labute approximate surface area is 272 Å². The van der Waals surface area contributed by atoms with Crippen molar-refractivity contribution in [3.8, 4) is 34.3 Å². The Morgan fingerprint density at radius 3 is 2.07 bits per heavy atom. The Bertz CT molecular complexity index is 1850. The van der Waals surface area contributed by atoms with Crippen LogP contribution in [0.5, 0.6) is 23.0 Å². The second kappa shape index (κ2) is 12.6. The average Bonchev–Trinajstić information content (AvgIpc) is 3.50. The molecule has 0 saturated carbocycles. The SMILES string of the molecule is COc1ccc2c(Cc3ccc(C(C)C)cc3)c3[n+](cc2c1OCc1ccc(C(C)C)cc1)CCc1cc2c(cc1-3)OCO2.[Cl-]. The van der Waals surface area contributed by atoms with Gasteiger partial charge in [0.1, 0.15) is 6.61 Å². The number of aromatic nitrogens is 1. The first kappa shape index (κ1) is 30.8. The molecule has 5 aromatic rings. The van der Waals surface area contributed by atoms with E-state index in [1.54, 1.807) is 7.11 Å². The van der Waals surface area contributed by atoms with Crippen LogP contribution in [-0.4, -0.2) is 13.9 Å². The Morgan fingerprint density at radius 2 is 1.42 bits per heavy atom. The van der Waals surface area contributed by atoms with Gasteiger partial charge in [-0.05, 0) is 63.9 Å². The molecule has 0 aliphatic carbocycles. The van der Waals surface area contributed by atoms with Gasteiger partial charge in [0.25, 0.3) is 0 Å². The monoisotopic (exact) mass is 621 g/mol. The number of fused-ring (bicyclic) bond motifs is 5. The molecule has 0 N–H and O–H groups in total. The Kier molecular flexibility index (Phi) is 8.65. The van der Waals surface area contributed by atoms with Crippen LogP contribution in [0, 0.1) is 0 Å². The van der Waals surface area contributed by atoms with Crippen molar-refractivity contribution in [2.45, 2.75) is 65.5 Å². The molecule has 0 bridgehead atoms. The summed E-state index contributed by atoms with van der Waals surface area (Å²) in [6, 6.07) is 26.4. The van der Waals surface area contributed by atoms with Crippen molar-refractivity contribution in [3.63, 3.8) is 0 Å². The smallest absolute Gasteiger partial charge is 0.231 e. The number of benzene rings is 4. The number of rotatable bonds is 8. The van der Waals surface area contributed by atoms with Crippen LogP contribution in [0.4, 0.5) is 0 Å². The normalized spacial score (nSPS) is 13.0. The highest BCUT2D eigenvalue weighted by Gasteiger charge is 2.32. The molecule has 6 heteroatoms. The highest BCUT2D eigenvalue weighted by Crippen LogP contribution is 2.44. The zero-order valence-corrected chi connectivity index (χ0v) is 27.4. The first-order chi connectivity index (χ1) is 21.4. The van der Waals surface area contributed by atoms with E-state index in [2.05, 4.69) is 105 Å². The molecule has 0 atom stereocenters. The highest BCUT2D eigenvalue weighted by atomic mass is 35.5. The number of pyridine rings is 1. The van der Waals surface area contributed by atoms with Crippen molar-refractivity contribution in [3.05, 3.63) is 112 Å². The second-order valence-corrected chi connectivity index (χ2v) is 12.6. The summed E-state index contributed by atoms with van der Waals surface area (Å²) in [7, 11) is 1.72. The molecule has 2 aliphatic rings. The third-order valence-electron chi connectivity index (χ3n) is 9.10. The maximum absolute atomic E-state index is 6.62. The van der Waals surface area contributed by atoms with Crippen LogP contribution >= 0.6 is 0 Å². The topological polar surface area (TPSA) is 40.8 Å². The maximum Gasteiger partial charge on any atom is 0.231 e. The number of methoxy groups -OCH3 is 1. The zero-order chi connectivity index (χ0) is 30.4. The lowest BCUT2D eigenvalue weighted by molar-refractivity contribution is -0.686. The summed E-state index contributed by atoms with van der Waals surface area (Å²) in [5.41, 5.74) is 10.1. The van der Waals surface area contributed by atoms with Gasteiger partial charge in [-0.1, -0.05) is 76.2 Å². The Hall–Kier alpha value is -4.22. The van der Waals surface area contributed by atoms with Crippen LogP contribution in [0.25, 0.3) is 22.0 Å². The molecule has 1 aromatic heterocycles. The van der Waals surface area contributed by atoms with E-state index in [4.69, 9.17) is 18.9 Å². The summed E-state index contributed by atoms with van der Waals surface area (Å²) < 4.78 is 26.5. The van der Waals surface area contributed by atoms with Gasteiger partial charge < -0.3 is 31.4 Å². The van der Waals surface area contributed by atoms with Gasteiger partial charge in [0.15, 0.2) is 35.7 Å². The number of nitrogens with zero attached hydrogens (tertiary/aromatic N) is 1. The first-order valence-corrected chi connectivity index (χ1v) is 15.7. The molecule has 7 rings (SSSR count). The molecular formula is C39H40ClNO4. The van der Waals surface area contributed by atoms with Gasteiger partial charge in [0.2, 0.25) is 12.5 Å². The van der Waals surface area contributed by atoms with Gasteiger partial charge in [-0.3, -0.25) is 0 Å². The molecule has 3 heterocycles. The fourth-order valence-electron chi connectivity index (χ4n) is 6.51. The van der Waals surface area contributed by atoms with E-state index in [1.807, 2.05) is 6.07 Å². The minimum Gasteiger partial charge on any atom is -1.00 e. The van der Waals surface area contributed by atoms with Gasteiger partial charge >= 0.3 is 0 Å². The molecular weight excluding hydrogens is 582 g/mol. The van der Waals surface area contributed by atoms with Gasteiger partial charge in [0.05, 0.1) is 18.1 Å². The molecule has 2 aliphatic heterocycles. The average molecular weight is 622 g/mol. The maximum atomic E-state index is 6.62. The number of hydrogen-bond donors (Lipinski definition) is 0. The van der Waals surface area contributed by atoms with Gasteiger partial charge in [-0.2, -0.15) is 4.57 Å².